The first-order valence-corrected chi connectivity index (χ1v) is 11.5. The van der Waals surface area contributed by atoms with Crippen LogP contribution in [-0.2, 0) is 10.0 Å². The molecule has 0 radical (unpaired) electrons. The summed E-state index contributed by atoms with van der Waals surface area (Å²) in [6.45, 7) is 0.962. The Morgan fingerprint density at radius 2 is 1.96 bits per heavy atom. The first-order chi connectivity index (χ1) is 12.9. The van der Waals surface area contributed by atoms with E-state index in [1.54, 1.807) is 0 Å². The summed E-state index contributed by atoms with van der Waals surface area (Å²) in [6, 6.07) is 5.94. The van der Waals surface area contributed by atoms with Crippen LogP contribution in [0.4, 0.5) is 0 Å². The highest BCUT2D eigenvalue weighted by atomic mass is 32.2. The molecule has 3 heterocycles. The van der Waals surface area contributed by atoms with Gasteiger partial charge in [-0.05, 0) is 37.8 Å². The fourth-order valence-corrected chi connectivity index (χ4v) is 5.21. The van der Waals surface area contributed by atoms with Gasteiger partial charge in [0.1, 0.15) is 5.82 Å². The Kier molecular flexibility index (Phi) is 4.94. The van der Waals surface area contributed by atoms with E-state index in [0.717, 1.165) is 49.9 Å². The van der Waals surface area contributed by atoms with E-state index in [1.165, 1.54) is 10.6 Å². The van der Waals surface area contributed by atoms with E-state index in [9.17, 15) is 13.2 Å². The average molecular weight is 391 g/mol. The topological polar surface area (TPSA) is 83.8 Å². The van der Waals surface area contributed by atoms with Gasteiger partial charge in [-0.25, -0.2) is 17.7 Å². The molecule has 146 valence electrons. The number of imidazole rings is 1. The second-order valence-corrected chi connectivity index (χ2v) is 9.67. The Hall–Kier alpha value is -1.93. The zero-order chi connectivity index (χ0) is 19.0. The maximum atomic E-state index is 12.8. The highest BCUT2D eigenvalue weighted by Crippen LogP contribution is 2.29. The molecule has 1 atom stereocenters. The summed E-state index contributed by atoms with van der Waals surface area (Å²) in [5.41, 5.74) is 1.22. The van der Waals surface area contributed by atoms with Crippen molar-refractivity contribution in [2.75, 3.05) is 19.3 Å². The number of carbonyl (C=O) groups excluding carboxylic acids is 1. The number of pyridine rings is 1. The van der Waals surface area contributed by atoms with Crippen LogP contribution < -0.4 is 5.32 Å². The molecule has 0 spiro atoms. The highest BCUT2D eigenvalue weighted by Gasteiger charge is 2.31. The number of piperidine rings is 1. The Balaban J connectivity index is 1.66. The first-order valence-electron chi connectivity index (χ1n) is 9.66. The van der Waals surface area contributed by atoms with Gasteiger partial charge in [-0.2, -0.15) is 0 Å². The molecule has 2 fully saturated rings. The first kappa shape index (κ1) is 18.4. The van der Waals surface area contributed by atoms with Crippen LogP contribution in [0.15, 0.2) is 24.4 Å². The van der Waals surface area contributed by atoms with Gasteiger partial charge in [0.05, 0.1) is 11.8 Å². The Morgan fingerprint density at radius 1 is 1.19 bits per heavy atom. The number of rotatable bonds is 4. The number of aromatic nitrogens is 2. The molecule has 1 saturated heterocycles. The minimum absolute atomic E-state index is 0.0172. The number of fused-ring (bicyclic) bond motifs is 1. The largest absolute Gasteiger partial charge is 0.348 e. The third-order valence-corrected chi connectivity index (χ3v) is 6.97. The standard InChI is InChI=1S/C19H26N4O3S/c1-27(25,26)22-11-6-7-14(13-22)18-21-17(16-10-4-5-12-23(16)18)19(24)20-15-8-2-3-9-15/h4-5,10,12,14-15H,2-3,6-9,11,13H2,1H3,(H,20,24). The average Bonchev–Trinajstić information content (AvgIpc) is 3.28. The monoisotopic (exact) mass is 390 g/mol. The summed E-state index contributed by atoms with van der Waals surface area (Å²) in [6.07, 6.45) is 9.18. The number of nitrogens with one attached hydrogen (secondary N) is 1. The van der Waals surface area contributed by atoms with Crippen molar-refractivity contribution < 1.29 is 13.2 Å². The predicted molar refractivity (Wildman–Crippen MR) is 103 cm³/mol. The Morgan fingerprint density at radius 3 is 2.70 bits per heavy atom. The predicted octanol–water partition coefficient (Wildman–Crippen LogP) is 2.15. The molecule has 0 bridgehead atoms. The summed E-state index contributed by atoms with van der Waals surface area (Å²) in [7, 11) is -3.23. The zero-order valence-corrected chi connectivity index (χ0v) is 16.4. The molecule has 2 aromatic heterocycles. The minimum Gasteiger partial charge on any atom is -0.348 e. The lowest BCUT2D eigenvalue weighted by Gasteiger charge is -2.30. The normalized spacial score (nSPS) is 22.3. The lowest BCUT2D eigenvalue weighted by Crippen LogP contribution is -2.38. The van der Waals surface area contributed by atoms with E-state index >= 15 is 0 Å². The van der Waals surface area contributed by atoms with E-state index < -0.39 is 10.0 Å². The summed E-state index contributed by atoms with van der Waals surface area (Å²) in [4.78, 5) is 17.5. The van der Waals surface area contributed by atoms with Crippen molar-refractivity contribution in [3.63, 3.8) is 0 Å². The van der Waals surface area contributed by atoms with Crippen LogP contribution in [0.1, 0.15) is 60.8 Å². The summed E-state index contributed by atoms with van der Waals surface area (Å²) >= 11 is 0. The smallest absolute Gasteiger partial charge is 0.272 e. The zero-order valence-electron chi connectivity index (χ0n) is 15.6. The van der Waals surface area contributed by atoms with E-state index in [-0.39, 0.29) is 17.9 Å². The molecule has 1 amide bonds. The number of amides is 1. The molecular formula is C19H26N4O3S. The molecule has 2 aliphatic rings. The van der Waals surface area contributed by atoms with Gasteiger partial charge < -0.3 is 9.72 Å². The maximum absolute atomic E-state index is 12.8. The molecule has 1 N–H and O–H groups in total. The third kappa shape index (κ3) is 3.73. The van der Waals surface area contributed by atoms with Crippen molar-refractivity contribution in [2.45, 2.75) is 50.5 Å². The van der Waals surface area contributed by atoms with Gasteiger partial charge in [0.25, 0.3) is 5.91 Å². The second-order valence-electron chi connectivity index (χ2n) is 7.69. The Bertz CT molecular complexity index is 947. The third-order valence-electron chi connectivity index (χ3n) is 5.70. The molecule has 1 unspecified atom stereocenters. The van der Waals surface area contributed by atoms with Crippen LogP contribution in [-0.4, -0.2) is 53.4 Å². The molecule has 27 heavy (non-hydrogen) atoms. The number of carbonyl (C=O) groups is 1. The van der Waals surface area contributed by atoms with Crippen molar-refractivity contribution in [1.82, 2.24) is 19.0 Å². The van der Waals surface area contributed by atoms with Gasteiger partial charge in [-0.1, -0.05) is 18.9 Å². The Labute approximate surface area is 159 Å². The van der Waals surface area contributed by atoms with Gasteiger partial charge in [0.2, 0.25) is 10.0 Å². The second kappa shape index (κ2) is 7.24. The molecule has 2 aromatic rings. The molecule has 1 saturated carbocycles. The van der Waals surface area contributed by atoms with Gasteiger partial charge in [-0.3, -0.25) is 4.79 Å². The number of sulfonamides is 1. The summed E-state index contributed by atoms with van der Waals surface area (Å²) in [5.74, 6) is 0.625. The van der Waals surface area contributed by atoms with Gasteiger partial charge in [-0.15, -0.1) is 0 Å². The van der Waals surface area contributed by atoms with Crippen LogP contribution in [0, 0.1) is 0 Å². The minimum atomic E-state index is -3.23. The lowest BCUT2D eigenvalue weighted by molar-refractivity contribution is 0.0934. The van der Waals surface area contributed by atoms with Gasteiger partial charge in [0.15, 0.2) is 5.69 Å². The fourth-order valence-electron chi connectivity index (χ4n) is 4.29. The maximum Gasteiger partial charge on any atom is 0.272 e. The van der Waals surface area contributed by atoms with Crippen molar-refractivity contribution in [2.24, 2.45) is 0 Å². The van der Waals surface area contributed by atoms with Crippen LogP contribution in [0.2, 0.25) is 0 Å². The molecule has 7 nitrogen and oxygen atoms in total. The van der Waals surface area contributed by atoms with Gasteiger partial charge in [0, 0.05) is 31.2 Å². The fraction of sp³-hybridized carbons (Fsp3) is 0.579. The van der Waals surface area contributed by atoms with Crippen LogP contribution >= 0.6 is 0 Å². The quantitative estimate of drug-likeness (QED) is 0.867. The molecule has 4 rings (SSSR count). The van der Waals surface area contributed by atoms with E-state index in [2.05, 4.69) is 5.32 Å². The molecular weight excluding hydrogens is 364 g/mol. The van der Waals surface area contributed by atoms with Crippen LogP contribution in [0.5, 0.6) is 0 Å². The van der Waals surface area contributed by atoms with E-state index in [0.29, 0.717) is 18.8 Å². The van der Waals surface area contributed by atoms with Crippen LogP contribution in [0.3, 0.4) is 0 Å². The summed E-state index contributed by atoms with van der Waals surface area (Å²) in [5, 5.41) is 3.12. The highest BCUT2D eigenvalue weighted by molar-refractivity contribution is 7.88. The van der Waals surface area contributed by atoms with E-state index in [4.69, 9.17) is 4.98 Å². The van der Waals surface area contributed by atoms with Crippen molar-refractivity contribution >= 4 is 21.4 Å². The number of hydrogen-bond donors (Lipinski definition) is 1. The molecule has 0 aromatic carbocycles. The number of hydrogen-bond acceptors (Lipinski definition) is 4. The van der Waals surface area contributed by atoms with E-state index in [1.807, 2.05) is 28.8 Å². The molecule has 8 heteroatoms. The van der Waals surface area contributed by atoms with Crippen LogP contribution in [0.25, 0.3) is 5.52 Å². The lowest BCUT2D eigenvalue weighted by atomic mass is 9.99. The summed E-state index contributed by atoms with van der Waals surface area (Å²) < 4.78 is 27.4. The van der Waals surface area contributed by atoms with Crippen molar-refractivity contribution in [3.05, 3.63) is 35.9 Å². The van der Waals surface area contributed by atoms with Gasteiger partial charge >= 0.3 is 0 Å². The number of nitrogens with zero attached hydrogens (tertiary/aromatic N) is 3. The van der Waals surface area contributed by atoms with Crippen molar-refractivity contribution in [1.29, 1.82) is 0 Å². The van der Waals surface area contributed by atoms with Crippen molar-refractivity contribution in [3.8, 4) is 0 Å². The SMILES string of the molecule is CS(=O)(=O)N1CCCC(c2nc(C(=O)NC3CCCC3)c3ccccn23)C1. The molecule has 1 aliphatic carbocycles. The molecule has 1 aliphatic heterocycles.